The highest BCUT2D eigenvalue weighted by molar-refractivity contribution is 5.40. The number of ether oxygens (including phenoxy) is 1. The Morgan fingerprint density at radius 1 is 1.25 bits per heavy atom. The number of allylic oxidation sites excluding steroid dienone is 5. The van der Waals surface area contributed by atoms with Crippen LogP contribution in [-0.2, 0) is 11.3 Å². The van der Waals surface area contributed by atoms with Gasteiger partial charge in [-0.3, -0.25) is 0 Å². The van der Waals surface area contributed by atoms with Crippen LogP contribution in [0.3, 0.4) is 0 Å². The number of nitrogens with one attached hydrogen (secondary N) is 2. The highest BCUT2D eigenvalue weighted by Crippen LogP contribution is 2.36. The highest BCUT2D eigenvalue weighted by atomic mass is 19.4. The lowest BCUT2D eigenvalue weighted by Crippen LogP contribution is -2.39. The van der Waals surface area contributed by atoms with Gasteiger partial charge in [0.15, 0.2) is 6.23 Å². The van der Waals surface area contributed by atoms with E-state index in [0.29, 0.717) is 18.7 Å². The number of hydrogen-bond donors (Lipinski definition) is 2. The van der Waals surface area contributed by atoms with Gasteiger partial charge in [0.2, 0.25) is 0 Å². The average molecular weight is 454 g/mol. The Balaban J connectivity index is 1.79. The molecule has 3 nitrogen and oxygen atoms in total. The molecule has 0 saturated heterocycles. The molecule has 174 valence electrons. The van der Waals surface area contributed by atoms with Crippen molar-refractivity contribution in [2.45, 2.75) is 64.5 Å². The Hall–Kier alpha value is -2.61. The van der Waals surface area contributed by atoms with Crippen LogP contribution in [0, 0.1) is 5.82 Å². The first-order valence-corrected chi connectivity index (χ1v) is 10.7. The molecule has 0 amide bonds. The van der Waals surface area contributed by atoms with E-state index in [1.54, 1.807) is 19.1 Å². The van der Waals surface area contributed by atoms with Crippen LogP contribution in [0.4, 0.5) is 22.0 Å². The molecule has 0 aromatic heterocycles. The molecule has 0 spiro atoms. The molecule has 1 aliphatic heterocycles. The van der Waals surface area contributed by atoms with Gasteiger partial charge in [-0.1, -0.05) is 31.2 Å². The maximum Gasteiger partial charge on any atom is 0.416 e. The highest BCUT2D eigenvalue weighted by Gasteiger charge is 2.38. The van der Waals surface area contributed by atoms with Crippen LogP contribution < -0.4 is 10.6 Å². The molecule has 0 saturated carbocycles. The molecule has 2 aliphatic rings. The Labute approximate surface area is 184 Å². The van der Waals surface area contributed by atoms with Crippen LogP contribution in [0.25, 0.3) is 0 Å². The van der Waals surface area contributed by atoms with Crippen LogP contribution in [-0.4, -0.2) is 18.4 Å². The second-order valence-corrected chi connectivity index (χ2v) is 7.73. The molecule has 1 aromatic rings. The monoisotopic (exact) mass is 454 g/mol. The lowest BCUT2D eigenvalue weighted by molar-refractivity contribution is -0.0885. The molecule has 0 fully saturated rings. The molecule has 0 radical (unpaired) electrons. The van der Waals surface area contributed by atoms with E-state index >= 15 is 0 Å². The molecule has 2 N–H and O–H groups in total. The van der Waals surface area contributed by atoms with Crippen molar-refractivity contribution in [3.63, 3.8) is 0 Å². The Morgan fingerprint density at radius 3 is 2.59 bits per heavy atom. The largest absolute Gasteiger partial charge is 0.469 e. The molecule has 2 unspecified atom stereocenters. The maximum atomic E-state index is 14.6. The van der Waals surface area contributed by atoms with E-state index in [1.807, 2.05) is 0 Å². The van der Waals surface area contributed by atoms with Crippen molar-refractivity contribution in [1.82, 2.24) is 10.6 Å². The van der Waals surface area contributed by atoms with Crippen molar-refractivity contribution < 1.29 is 26.7 Å². The minimum Gasteiger partial charge on any atom is -0.469 e. The molecule has 1 aromatic carbocycles. The third-order valence-corrected chi connectivity index (χ3v) is 5.43. The fraction of sp³-hybridized carbons (Fsp3) is 0.417. The van der Waals surface area contributed by atoms with Crippen LogP contribution >= 0.6 is 0 Å². The summed E-state index contributed by atoms with van der Waals surface area (Å²) in [6.07, 6.45) is -0.283. The molecule has 8 heteroatoms. The predicted molar refractivity (Wildman–Crippen MR) is 113 cm³/mol. The molecule has 3 rings (SSSR count). The van der Waals surface area contributed by atoms with E-state index in [-0.39, 0.29) is 23.9 Å². The molecular formula is C24H27F5N2O. The van der Waals surface area contributed by atoms with E-state index < -0.39 is 23.8 Å². The van der Waals surface area contributed by atoms with Gasteiger partial charge in [0, 0.05) is 18.5 Å². The van der Waals surface area contributed by atoms with Gasteiger partial charge in [0.25, 0.3) is 0 Å². The van der Waals surface area contributed by atoms with E-state index in [1.165, 1.54) is 19.1 Å². The maximum absolute atomic E-state index is 14.6. The van der Waals surface area contributed by atoms with Gasteiger partial charge in [-0.05, 0) is 50.0 Å². The average Bonchev–Trinajstić information content (AvgIpc) is 3.19. The lowest BCUT2D eigenvalue weighted by atomic mass is 9.97. The quantitative estimate of drug-likeness (QED) is 0.374. The lowest BCUT2D eigenvalue weighted by Gasteiger charge is -2.24. The van der Waals surface area contributed by atoms with Gasteiger partial charge in [-0.15, -0.1) is 0 Å². The summed E-state index contributed by atoms with van der Waals surface area (Å²) in [7, 11) is 0. The number of hydrogen-bond acceptors (Lipinski definition) is 3. The van der Waals surface area contributed by atoms with E-state index in [9.17, 15) is 22.0 Å². The van der Waals surface area contributed by atoms with Crippen molar-refractivity contribution in [3.8, 4) is 0 Å². The first-order chi connectivity index (χ1) is 15.2. The van der Waals surface area contributed by atoms with Crippen molar-refractivity contribution in [2.24, 2.45) is 0 Å². The Bertz CT molecular complexity index is 929. The number of rotatable bonds is 7. The number of halogens is 5. The zero-order valence-corrected chi connectivity index (χ0v) is 18.0. The van der Waals surface area contributed by atoms with Gasteiger partial charge in [0.1, 0.15) is 17.4 Å². The summed E-state index contributed by atoms with van der Waals surface area (Å²) in [4.78, 5) is 0. The van der Waals surface area contributed by atoms with Gasteiger partial charge < -0.3 is 15.4 Å². The Morgan fingerprint density at radius 2 is 1.97 bits per heavy atom. The second-order valence-electron chi connectivity index (χ2n) is 7.73. The van der Waals surface area contributed by atoms with Gasteiger partial charge in [0.05, 0.1) is 17.3 Å². The fourth-order valence-corrected chi connectivity index (χ4v) is 3.83. The van der Waals surface area contributed by atoms with Crippen molar-refractivity contribution in [2.75, 3.05) is 0 Å². The summed E-state index contributed by atoms with van der Waals surface area (Å²) >= 11 is 0. The first kappa shape index (κ1) is 24.0. The van der Waals surface area contributed by atoms with Crippen LogP contribution in [0.2, 0.25) is 0 Å². The van der Waals surface area contributed by atoms with Crippen molar-refractivity contribution in [1.29, 1.82) is 0 Å². The van der Waals surface area contributed by atoms with Gasteiger partial charge in [-0.2, -0.15) is 13.2 Å². The zero-order chi connectivity index (χ0) is 23.3. The standard InChI is InChI=1S/C24H27F5N2O/c1-3-6-16(24(27,28)29)13-18(19(26)4-2)23-31-22-20(7-5-8-21(22)32-23)30-14-15-9-11-17(25)12-10-15/h4,6,9-13,20,23,30-31H,3,5,7-8,14H2,1-2H3/b16-6-,18-13+,19-4+. The van der Waals surface area contributed by atoms with Crippen molar-refractivity contribution >= 4 is 0 Å². The number of benzene rings is 1. The summed E-state index contributed by atoms with van der Waals surface area (Å²) in [6.45, 7) is 3.50. The summed E-state index contributed by atoms with van der Waals surface area (Å²) in [6, 6.07) is 6.01. The summed E-state index contributed by atoms with van der Waals surface area (Å²) < 4.78 is 73.8. The van der Waals surface area contributed by atoms with Gasteiger partial charge in [-0.25, -0.2) is 8.78 Å². The molecule has 0 bridgehead atoms. The third kappa shape index (κ3) is 5.79. The topological polar surface area (TPSA) is 33.3 Å². The smallest absolute Gasteiger partial charge is 0.416 e. The van der Waals surface area contributed by atoms with Gasteiger partial charge >= 0.3 is 6.18 Å². The van der Waals surface area contributed by atoms with Crippen LogP contribution in [0.15, 0.2) is 70.9 Å². The summed E-state index contributed by atoms with van der Waals surface area (Å²) in [5, 5.41) is 6.47. The van der Waals surface area contributed by atoms with Crippen LogP contribution in [0.5, 0.6) is 0 Å². The normalized spacial score (nSPS) is 22.5. The summed E-state index contributed by atoms with van der Waals surface area (Å²) in [5.74, 6) is -0.462. The van der Waals surface area contributed by atoms with E-state index in [2.05, 4.69) is 10.6 Å². The van der Waals surface area contributed by atoms with E-state index in [0.717, 1.165) is 42.3 Å². The molecule has 2 atom stereocenters. The minimum atomic E-state index is -4.60. The number of alkyl halides is 3. The first-order valence-electron chi connectivity index (χ1n) is 10.7. The summed E-state index contributed by atoms with van der Waals surface area (Å²) in [5.41, 5.74) is 0.519. The molecule has 1 heterocycles. The van der Waals surface area contributed by atoms with Crippen molar-refractivity contribution in [3.05, 3.63) is 82.3 Å². The third-order valence-electron chi connectivity index (χ3n) is 5.43. The fourth-order valence-electron chi connectivity index (χ4n) is 3.83. The molecular weight excluding hydrogens is 427 g/mol. The molecule has 32 heavy (non-hydrogen) atoms. The van der Waals surface area contributed by atoms with Crippen LogP contribution in [0.1, 0.15) is 45.1 Å². The second kappa shape index (κ2) is 10.3. The zero-order valence-electron chi connectivity index (χ0n) is 18.0. The Kier molecular flexibility index (Phi) is 7.77. The van der Waals surface area contributed by atoms with E-state index in [4.69, 9.17) is 4.74 Å². The minimum absolute atomic E-state index is 0.128. The SMILES string of the molecule is C\C=C(F)/C(=C\C(=C\CC)C(F)(F)F)C1NC2=C(CCCC2NCc2ccc(F)cc2)O1. The predicted octanol–water partition coefficient (Wildman–Crippen LogP) is 6.32. The molecule has 1 aliphatic carbocycles.